The van der Waals surface area contributed by atoms with Crippen LogP contribution in [0.25, 0.3) is 0 Å². The fourth-order valence-electron chi connectivity index (χ4n) is 1.33. The number of hydrazone groups is 1. The largest absolute Gasteiger partial charge is 0.297 e. The van der Waals surface area contributed by atoms with Gasteiger partial charge in [-0.05, 0) is 24.3 Å². The van der Waals surface area contributed by atoms with Gasteiger partial charge in [-0.15, -0.1) is 5.10 Å². The van der Waals surface area contributed by atoms with Gasteiger partial charge in [-0.1, -0.05) is 22.2 Å². The summed E-state index contributed by atoms with van der Waals surface area (Å²) in [6.45, 7) is 0. The molecule has 0 unspecified atom stereocenters. The predicted octanol–water partition coefficient (Wildman–Crippen LogP) is 0.508. The van der Waals surface area contributed by atoms with Crippen molar-refractivity contribution >= 4 is 38.0 Å². The molecule has 0 aromatic heterocycles. The molecule has 0 spiro atoms. The quantitative estimate of drug-likeness (QED) is 0.613. The molecule has 0 saturated heterocycles. The number of nitrogens with one attached hydrogen (secondary N) is 1. The van der Waals surface area contributed by atoms with Gasteiger partial charge in [0.2, 0.25) is 0 Å². The molecular formula is C9H8ClN3O5S2. The zero-order valence-electron chi connectivity index (χ0n) is 9.63. The summed E-state index contributed by atoms with van der Waals surface area (Å²) in [7, 11) is -8.66. The van der Waals surface area contributed by atoms with Crippen molar-refractivity contribution in [1.82, 2.24) is 9.95 Å². The van der Waals surface area contributed by atoms with E-state index in [-0.39, 0.29) is 10.1 Å². The molecule has 1 aromatic carbocycles. The molecule has 0 radical (unpaired) electrons. The lowest BCUT2D eigenvalue weighted by molar-refractivity contribution is 0.371. The molecule has 1 heterocycles. The number of nitrogens with zero attached hydrogens (tertiary/aromatic N) is 2. The first-order valence-corrected chi connectivity index (χ1v) is 8.26. The van der Waals surface area contributed by atoms with Gasteiger partial charge in [0.15, 0.2) is 0 Å². The average Bonchev–Trinajstić information content (AvgIpc) is 2.38. The molecule has 0 saturated carbocycles. The second kappa shape index (κ2) is 5.05. The molecule has 0 aliphatic carbocycles. The Hall–Kier alpha value is -1.62. The third-order valence-electron chi connectivity index (χ3n) is 2.22. The molecule has 20 heavy (non-hydrogen) atoms. The first-order chi connectivity index (χ1) is 9.21. The highest BCUT2D eigenvalue weighted by molar-refractivity contribution is 7.89. The molecule has 0 fully saturated rings. The number of hydrogen-bond acceptors (Lipinski definition) is 6. The van der Waals surface area contributed by atoms with E-state index in [1.54, 1.807) is 0 Å². The Morgan fingerprint density at radius 1 is 1.20 bits per heavy atom. The highest BCUT2D eigenvalue weighted by Gasteiger charge is 2.26. The lowest BCUT2D eigenvalue weighted by atomic mass is 10.4. The Morgan fingerprint density at radius 2 is 1.85 bits per heavy atom. The molecule has 0 amide bonds. The zero-order chi connectivity index (χ0) is 15.0. The van der Waals surface area contributed by atoms with Crippen molar-refractivity contribution in [1.29, 1.82) is 0 Å². The number of allylic oxidation sites excluding steroid dienone is 1. The molecule has 0 atom stereocenters. The average molecular weight is 338 g/mol. The van der Waals surface area contributed by atoms with Crippen LogP contribution >= 0.6 is 11.6 Å². The van der Waals surface area contributed by atoms with Crippen LogP contribution in [0.5, 0.6) is 0 Å². The molecule has 1 aromatic rings. The fourth-order valence-corrected chi connectivity index (χ4v) is 3.24. The van der Waals surface area contributed by atoms with Crippen LogP contribution in [0.4, 0.5) is 0 Å². The van der Waals surface area contributed by atoms with E-state index in [1.807, 2.05) is 0 Å². The van der Waals surface area contributed by atoms with Crippen LogP contribution < -0.4 is 5.43 Å². The number of rotatable bonds is 3. The van der Waals surface area contributed by atoms with Gasteiger partial charge >= 0.3 is 0 Å². The van der Waals surface area contributed by atoms with Crippen molar-refractivity contribution in [3.8, 4) is 0 Å². The van der Waals surface area contributed by atoms with Crippen molar-refractivity contribution in [2.75, 3.05) is 0 Å². The minimum absolute atomic E-state index is 0.0227. The molecule has 2 rings (SSSR count). The van der Waals surface area contributed by atoms with Crippen LogP contribution in [-0.2, 0) is 20.1 Å². The number of hydrogen-bond donors (Lipinski definition) is 2. The van der Waals surface area contributed by atoms with E-state index in [2.05, 4.69) is 10.5 Å². The summed E-state index contributed by atoms with van der Waals surface area (Å²) in [6, 6.07) is 4.22. The summed E-state index contributed by atoms with van der Waals surface area (Å²) in [5, 5.41) is 3.58. The second-order valence-corrected chi connectivity index (χ2v) is 7.19. The predicted molar refractivity (Wildman–Crippen MR) is 70.8 cm³/mol. The first kappa shape index (κ1) is 14.8. The summed E-state index contributed by atoms with van der Waals surface area (Å²) in [5.74, 6) is 0. The molecule has 2 N–H and O–H groups in total. The fraction of sp³-hybridized carbons (Fsp3) is 0. The van der Waals surface area contributed by atoms with Crippen LogP contribution in [0.15, 0.2) is 50.4 Å². The van der Waals surface area contributed by atoms with Gasteiger partial charge in [0.05, 0.1) is 16.0 Å². The van der Waals surface area contributed by atoms with Gasteiger partial charge in [-0.25, -0.2) is 0 Å². The Morgan fingerprint density at radius 3 is 2.45 bits per heavy atom. The van der Waals surface area contributed by atoms with Crippen LogP contribution in [0, 0.1) is 0 Å². The highest BCUT2D eigenvalue weighted by atomic mass is 35.5. The molecule has 0 bridgehead atoms. The van der Waals surface area contributed by atoms with E-state index in [1.165, 1.54) is 12.1 Å². The monoisotopic (exact) mass is 337 g/mol. The SMILES string of the molecule is O=S(=O)(O)c1cccc(S(=O)(=O)N2N=CC=C(Cl)N2)c1. The molecule has 1 aliphatic rings. The molecule has 8 nitrogen and oxygen atoms in total. The normalized spacial score (nSPS) is 15.7. The van der Waals surface area contributed by atoms with Gasteiger partial charge in [0.25, 0.3) is 20.1 Å². The Balaban J connectivity index is 2.46. The van der Waals surface area contributed by atoms with Gasteiger partial charge in [0.1, 0.15) is 5.16 Å². The van der Waals surface area contributed by atoms with Crippen molar-refractivity contribution in [2.24, 2.45) is 5.10 Å². The molecule has 11 heteroatoms. The summed E-state index contributed by atoms with van der Waals surface area (Å²) < 4.78 is 55.8. The lowest BCUT2D eigenvalue weighted by Crippen LogP contribution is -2.38. The van der Waals surface area contributed by atoms with E-state index in [9.17, 15) is 16.8 Å². The molecular weight excluding hydrogens is 330 g/mol. The van der Waals surface area contributed by atoms with E-state index in [4.69, 9.17) is 16.2 Å². The van der Waals surface area contributed by atoms with Crippen molar-refractivity contribution in [3.05, 3.63) is 35.5 Å². The molecule has 1 aliphatic heterocycles. The third kappa shape index (κ3) is 2.93. The summed E-state index contributed by atoms with van der Waals surface area (Å²) in [4.78, 5) is -0.912. The standard InChI is InChI=1S/C9H8ClN3O5S2/c10-9-4-5-11-13(12-9)19(14,15)7-2-1-3-8(6-7)20(16,17)18/h1-6,12H,(H,16,17,18). The van der Waals surface area contributed by atoms with Gasteiger partial charge in [0, 0.05) is 0 Å². The maximum atomic E-state index is 12.2. The van der Waals surface area contributed by atoms with Crippen molar-refractivity contribution < 1.29 is 21.4 Å². The Bertz CT molecular complexity index is 801. The minimum atomic E-state index is -4.51. The van der Waals surface area contributed by atoms with Crippen LogP contribution in [0.1, 0.15) is 0 Å². The van der Waals surface area contributed by atoms with E-state index in [0.717, 1.165) is 24.4 Å². The summed E-state index contributed by atoms with van der Waals surface area (Å²) in [6.07, 6.45) is 2.49. The summed E-state index contributed by atoms with van der Waals surface area (Å²) >= 11 is 5.63. The molecule has 108 valence electrons. The number of hydrazine groups is 1. The number of halogens is 1. The van der Waals surface area contributed by atoms with E-state index >= 15 is 0 Å². The van der Waals surface area contributed by atoms with Gasteiger partial charge in [-0.2, -0.15) is 16.8 Å². The Labute approximate surface area is 120 Å². The highest BCUT2D eigenvalue weighted by Crippen LogP contribution is 2.20. The van der Waals surface area contributed by atoms with Crippen molar-refractivity contribution in [2.45, 2.75) is 9.79 Å². The lowest BCUT2D eigenvalue weighted by Gasteiger charge is -2.21. The van der Waals surface area contributed by atoms with Gasteiger partial charge < -0.3 is 0 Å². The first-order valence-electron chi connectivity index (χ1n) is 5.00. The Kier molecular flexibility index (Phi) is 3.73. The number of benzene rings is 1. The van der Waals surface area contributed by atoms with Gasteiger partial charge in [-0.3, -0.25) is 9.98 Å². The topological polar surface area (TPSA) is 116 Å². The maximum absolute atomic E-state index is 12.2. The smallest absolute Gasteiger partial charge is 0.282 e. The zero-order valence-corrected chi connectivity index (χ0v) is 12.0. The van der Waals surface area contributed by atoms with Crippen LogP contribution in [0.2, 0.25) is 0 Å². The van der Waals surface area contributed by atoms with E-state index < -0.39 is 25.0 Å². The maximum Gasteiger partial charge on any atom is 0.297 e. The summed E-state index contributed by atoms with van der Waals surface area (Å²) in [5.41, 5.74) is 2.28. The minimum Gasteiger partial charge on any atom is -0.282 e. The van der Waals surface area contributed by atoms with Crippen LogP contribution in [0.3, 0.4) is 0 Å². The van der Waals surface area contributed by atoms with Crippen LogP contribution in [-0.4, -0.2) is 32.1 Å². The second-order valence-electron chi connectivity index (χ2n) is 3.59. The van der Waals surface area contributed by atoms with E-state index in [0.29, 0.717) is 4.52 Å². The number of sulfonamides is 1. The van der Waals surface area contributed by atoms with Crippen molar-refractivity contribution in [3.63, 3.8) is 0 Å². The third-order valence-corrected chi connectivity index (χ3v) is 4.77.